The summed E-state index contributed by atoms with van der Waals surface area (Å²) >= 11 is 0. The van der Waals surface area contributed by atoms with Gasteiger partial charge in [0.05, 0.1) is 12.8 Å². The maximum absolute atomic E-state index is 12.2. The van der Waals surface area contributed by atoms with Gasteiger partial charge in [-0.1, -0.05) is 0 Å². The number of ether oxygens (including phenoxy) is 1. The van der Waals surface area contributed by atoms with Gasteiger partial charge in [-0.2, -0.15) is 13.2 Å². The van der Waals surface area contributed by atoms with E-state index in [1.165, 1.54) is 12.4 Å². The van der Waals surface area contributed by atoms with Gasteiger partial charge >= 0.3 is 6.18 Å². The van der Waals surface area contributed by atoms with Crippen LogP contribution in [-0.4, -0.2) is 17.8 Å². The fourth-order valence-corrected chi connectivity index (χ4v) is 1.53. The molecule has 7 heteroatoms. The molecule has 4 nitrogen and oxygen atoms in total. The predicted molar refractivity (Wildman–Crippen MR) is 60.8 cm³/mol. The number of pyridine rings is 1. The fraction of sp³-hybridized carbons (Fsp3) is 0.545. The zero-order chi connectivity index (χ0) is 13.6. The lowest BCUT2D eigenvalue weighted by Gasteiger charge is -2.17. The average Bonchev–Trinajstić information content (AvgIpc) is 2.29. The summed E-state index contributed by atoms with van der Waals surface area (Å²) in [7, 11) is 0. The highest BCUT2D eigenvalue weighted by molar-refractivity contribution is 5.25. The van der Waals surface area contributed by atoms with Crippen molar-refractivity contribution >= 4 is 0 Å². The molecule has 0 radical (unpaired) electrons. The Kier molecular flexibility index (Phi) is 5.36. The third-order valence-corrected chi connectivity index (χ3v) is 2.37. The molecule has 1 aromatic rings. The molecule has 1 aromatic heterocycles. The molecule has 18 heavy (non-hydrogen) atoms. The van der Waals surface area contributed by atoms with Crippen LogP contribution >= 0.6 is 0 Å². The molecular weight excluding hydrogens is 247 g/mol. The summed E-state index contributed by atoms with van der Waals surface area (Å²) in [5.41, 5.74) is 2.94. The zero-order valence-corrected chi connectivity index (χ0v) is 10.00. The molecule has 0 spiro atoms. The first-order valence-electron chi connectivity index (χ1n) is 5.57. The summed E-state index contributed by atoms with van der Waals surface area (Å²) in [4.78, 5) is 3.91. The lowest BCUT2D eigenvalue weighted by Crippen LogP contribution is -2.29. The molecule has 0 bridgehead atoms. The summed E-state index contributed by atoms with van der Waals surface area (Å²) in [5.74, 6) is 5.79. The van der Waals surface area contributed by atoms with Gasteiger partial charge in [0.25, 0.3) is 0 Å². The van der Waals surface area contributed by atoms with Crippen molar-refractivity contribution in [2.75, 3.05) is 6.61 Å². The molecule has 0 aliphatic carbocycles. The standard InChI is InChI=1S/C11H16F3N3O/c1-2-18-9-5-8(6-16-7-9)10(17-15)3-4-11(12,13)14/h5-7,10,17H,2-4,15H2,1H3. The summed E-state index contributed by atoms with van der Waals surface area (Å²) in [5, 5.41) is 0. The van der Waals surface area contributed by atoms with Crippen molar-refractivity contribution in [3.63, 3.8) is 0 Å². The highest BCUT2D eigenvalue weighted by Crippen LogP contribution is 2.28. The molecule has 0 amide bonds. The van der Waals surface area contributed by atoms with Gasteiger partial charge in [0.2, 0.25) is 0 Å². The summed E-state index contributed by atoms with van der Waals surface area (Å²) in [6.45, 7) is 2.28. The maximum Gasteiger partial charge on any atom is 0.389 e. The van der Waals surface area contributed by atoms with Crippen LogP contribution < -0.4 is 16.0 Å². The Morgan fingerprint density at radius 1 is 1.44 bits per heavy atom. The second-order valence-corrected chi connectivity index (χ2v) is 3.76. The summed E-state index contributed by atoms with van der Waals surface area (Å²) < 4.78 is 41.7. The van der Waals surface area contributed by atoms with Crippen LogP contribution in [-0.2, 0) is 0 Å². The van der Waals surface area contributed by atoms with E-state index in [0.29, 0.717) is 17.9 Å². The topological polar surface area (TPSA) is 60.2 Å². The molecule has 0 aromatic carbocycles. The van der Waals surface area contributed by atoms with Crippen molar-refractivity contribution in [2.45, 2.75) is 32.0 Å². The Balaban J connectivity index is 2.72. The quantitative estimate of drug-likeness (QED) is 0.611. The average molecular weight is 263 g/mol. The van der Waals surface area contributed by atoms with Crippen LogP contribution in [0.4, 0.5) is 13.2 Å². The van der Waals surface area contributed by atoms with Crippen LogP contribution in [0.3, 0.4) is 0 Å². The molecule has 1 unspecified atom stereocenters. The molecular formula is C11H16F3N3O. The predicted octanol–water partition coefficient (Wildman–Crippen LogP) is 2.33. The smallest absolute Gasteiger partial charge is 0.389 e. The van der Waals surface area contributed by atoms with Crippen LogP contribution in [0.5, 0.6) is 5.75 Å². The normalized spacial score (nSPS) is 13.4. The Labute approximate surface area is 103 Å². The first kappa shape index (κ1) is 14.7. The van der Waals surface area contributed by atoms with Crippen molar-refractivity contribution < 1.29 is 17.9 Å². The van der Waals surface area contributed by atoms with Gasteiger partial charge < -0.3 is 4.74 Å². The van der Waals surface area contributed by atoms with E-state index in [1.807, 2.05) is 6.92 Å². The SMILES string of the molecule is CCOc1cncc(C(CCC(F)(F)F)NN)c1. The Bertz CT molecular complexity index is 371. The Morgan fingerprint density at radius 3 is 2.72 bits per heavy atom. The second kappa shape index (κ2) is 6.55. The van der Waals surface area contributed by atoms with E-state index < -0.39 is 18.6 Å². The molecule has 0 fully saturated rings. The molecule has 0 aliphatic rings. The number of halogens is 3. The number of aromatic nitrogens is 1. The third kappa shape index (κ3) is 4.89. The molecule has 1 heterocycles. The van der Waals surface area contributed by atoms with Crippen molar-refractivity contribution in [1.82, 2.24) is 10.4 Å². The van der Waals surface area contributed by atoms with E-state index in [4.69, 9.17) is 10.6 Å². The zero-order valence-electron chi connectivity index (χ0n) is 10.00. The number of hydrazine groups is 1. The van der Waals surface area contributed by atoms with Gasteiger partial charge in [0.15, 0.2) is 0 Å². The molecule has 0 aliphatic heterocycles. The highest BCUT2D eigenvalue weighted by atomic mass is 19.4. The maximum atomic E-state index is 12.2. The second-order valence-electron chi connectivity index (χ2n) is 3.76. The van der Waals surface area contributed by atoms with Crippen LogP contribution in [0.2, 0.25) is 0 Å². The van der Waals surface area contributed by atoms with E-state index in [2.05, 4.69) is 10.4 Å². The first-order valence-corrected chi connectivity index (χ1v) is 5.57. The number of alkyl halides is 3. The van der Waals surface area contributed by atoms with Crippen molar-refractivity contribution in [1.29, 1.82) is 0 Å². The minimum Gasteiger partial charge on any atom is -0.492 e. The van der Waals surface area contributed by atoms with Gasteiger partial charge in [-0.25, -0.2) is 0 Å². The van der Waals surface area contributed by atoms with E-state index in [9.17, 15) is 13.2 Å². The fourth-order valence-electron chi connectivity index (χ4n) is 1.53. The van der Waals surface area contributed by atoms with Gasteiger partial charge in [-0.05, 0) is 25.0 Å². The van der Waals surface area contributed by atoms with Gasteiger partial charge in [0.1, 0.15) is 5.75 Å². The van der Waals surface area contributed by atoms with E-state index in [-0.39, 0.29) is 6.42 Å². The number of nitrogens with one attached hydrogen (secondary N) is 1. The number of hydrogen-bond donors (Lipinski definition) is 2. The monoisotopic (exact) mass is 263 g/mol. The largest absolute Gasteiger partial charge is 0.492 e. The minimum absolute atomic E-state index is 0.142. The van der Waals surface area contributed by atoms with Gasteiger partial charge in [-0.15, -0.1) is 0 Å². The van der Waals surface area contributed by atoms with Gasteiger partial charge in [0, 0.05) is 18.7 Å². The molecule has 0 saturated carbocycles. The summed E-state index contributed by atoms with van der Waals surface area (Å²) in [6.07, 6.45) is -2.26. The van der Waals surface area contributed by atoms with Crippen molar-refractivity contribution in [3.8, 4) is 5.75 Å². The number of nitrogens with two attached hydrogens (primary N) is 1. The van der Waals surface area contributed by atoms with Crippen molar-refractivity contribution in [3.05, 3.63) is 24.0 Å². The lowest BCUT2D eigenvalue weighted by atomic mass is 10.0. The highest BCUT2D eigenvalue weighted by Gasteiger charge is 2.28. The number of rotatable bonds is 6. The molecule has 1 rings (SSSR count). The third-order valence-electron chi connectivity index (χ3n) is 2.37. The first-order chi connectivity index (χ1) is 8.46. The lowest BCUT2D eigenvalue weighted by molar-refractivity contribution is -0.136. The summed E-state index contributed by atoms with van der Waals surface area (Å²) in [6, 6.07) is 1.04. The Morgan fingerprint density at radius 2 is 2.17 bits per heavy atom. The van der Waals surface area contributed by atoms with E-state index in [1.54, 1.807) is 6.07 Å². The number of nitrogens with zero attached hydrogens (tertiary/aromatic N) is 1. The Hall–Kier alpha value is -1.34. The van der Waals surface area contributed by atoms with Crippen LogP contribution in [0.1, 0.15) is 31.4 Å². The molecule has 102 valence electrons. The molecule has 1 atom stereocenters. The van der Waals surface area contributed by atoms with Crippen LogP contribution in [0.15, 0.2) is 18.5 Å². The van der Waals surface area contributed by atoms with E-state index >= 15 is 0 Å². The molecule has 0 saturated heterocycles. The van der Waals surface area contributed by atoms with Crippen LogP contribution in [0, 0.1) is 0 Å². The van der Waals surface area contributed by atoms with Crippen LogP contribution in [0.25, 0.3) is 0 Å². The number of hydrogen-bond acceptors (Lipinski definition) is 4. The minimum atomic E-state index is -4.19. The van der Waals surface area contributed by atoms with Gasteiger partial charge in [-0.3, -0.25) is 16.3 Å². The van der Waals surface area contributed by atoms with Crippen molar-refractivity contribution in [2.24, 2.45) is 5.84 Å². The van der Waals surface area contributed by atoms with E-state index in [0.717, 1.165) is 0 Å². The molecule has 3 N–H and O–H groups in total.